The fourth-order valence-electron chi connectivity index (χ4n) is 3.44. The van der Waals surface area contributed by atoms with Crippen molar-refractivity contribution in [1.82, 2.24) is 0 Å². The van der Waals surface area contributed by atoms with Crippen molar-refractivity contribution in [2.45, 2.75) is 38.1 Å². The standard InChI is InChI=1S/C20H21BrN2O5S/c1-4-28-20(25)14-6-5-7-16(9-14)22-29(26,27)19-11-18-15(10-17(19)21)8-12(2)23(18)13(3)24/h5-7,9-12,22H,4,8H2,1-3H3/t12-/m1/s1. The van der Waals surface area contributed by atoms with Gasteiger partial charge in [-0.3, -0.25) is 9.52 Å². The van der Waals surface area contributed by atoms with Crippen molar-refractivity contribution < 1.29 is 22.7 Å². The van der Waals surface area contributed by atoms with Crippen LogP contribution in [-0.2, 0) is 26.0 Å². The van der Waals surface area contributed by atoms with Gasteiger partial charge < -0.3 is 9.64 Å². The molecule has 0 saturated carbocycles. The molecule has 2 aromatic rings. The Hall–Kier alpha value is -2.39. The molecule has 1 aliphatic heterocycles. The van der Waals surface area contributed by atoms with E-state index in [0.29, 0.717) is 16.6 Å². The van der Waals surface area contributed by atoms with Crippen molar-refractivity contribution in [3.8, 4) is 0 Å². The van der Waals surface area contributed by atoms with E-state index in [4.69, 9.17) is 4.74 Å². The minimum Gasteiger partial charge on any atom is -0.462 e. The number of benzene rings is 2. The topological polar surface area (TPSA) is 92.8 Å². The van der Waals surface area contributed by atoms with Crippen LogP contribution in [0.2, 0.25) is 0 Å². The minimum absolute atomic E-state index is 0.0122. The molecule has 29 heavy (non-hydrogen) atoms. The van der Waals surface area contributed by atoms with Gasteiger partial charge in [0, 0.05) is 28.8 Å². The molecule has 1 atom stereocenters. The summed E-state index contributed by atoms with van der Waals surface area (Å²) in [6.45, 7) is 5.30. The zero-order chi connectivity index (χ0) is 21.3. The molecule has 0 bridgehead atoms. The van der Waals surface area contributed by atoms with Crippen LogP contribution in [0.3, 0.4) is 0 Å². The number of amides is 1. The Morgan fingerprint density at radius 3 is 2.66 bits per heavy atom. The molecular formula is C20H21BrN2O5S. The molecule has 2 aromatic carbocycles. The Kier molecular flexibility index (Phi) is 6.00. The molecule has 154 valence electrons. The van der Waals surface area contributed by atoms with E-state index in [1.54, 1.807) is 36.1 Å². The maximum atomic E-state index is 13.0. The van der Waals surface area contributed by atoms with Gasteiger partial charge in [0.05, 0.1) is 12.2 Å². The number of nitrogens with zero attached hydrogens (tertiary/aromatic N) is 1. The molecule has 1 N–H and O–H groups in total. The highest BCUT2D eigenvalue weighted by Crippen LogP contribution is 2.38. The van der Waals surface area contributed by atoms with Gasteiger partial charge in [-0.25, -0.2) is 13.2 Å². The van der Waals surface area contributed by atoms with Crippen molar-refractivity contribution in [3.63, 3.8) is 0 Å². The zero-order valence-corrected chi connectivity index (χ0v) is 18.6. The molecular weight excluding hydrogens is 460 g/mol. The molecule has 3 rings (SSSR count). The SMILES string of the molecule is CCOC(=O)c1cccc(NS(=O)(=O)c2cc3c(cc2Br)C[C@@H](C)N3C(C)=O)c1. The largest absolute Gasteiger partial charge is 0.462 e. The smallest absolute Gasteiger partial charge is 0.338 e. The summed E-state index contributed by atoms with van der Waals surface area (Å²) in [4.78, 5) is 25.5. The third-order valence-corrected chi connectivity index (χ3v) is 6.94. The summed E-state index contributed by atoms with van der Waals surface area (Å²) in [5, 5.41) is 0. The van der Waals surface area contributed by atoms with E-state index in [1.807, 2.05) is 6.92 Å². The predicted molar refractivity (Wildman–Crippen MR) is 114 cm³/mol. The molecule has 9 heteroatoms. The highest BCUT2D eigenvalue weighted by molar-refractivity contribution is 9.10. The fraction of sp³-hybridized carbons (Fsp3) is 0.300. The minimum atomic E-state index is -3.97. The summed E-state index contributed by atoms with van der Waals surface area (Å²) in [7, 11) is -3.97. The van der Waals surface area contributed by atoms with E-state index in [0.717, 1.165) is 5.56 Å². The van der Waals surface area contributed by atoms with Gasteiger partial charge in [0.1, 0.15) is 4.90 Å². The number of fused-ring (bicyclic) bond motifs is 1. The van der Waals surface area contributed by atoms with Gasteiger partial charge in [-0.1, -0.05) is 6.07 Å². The van der Waals surface area contributed by atoms with Crippen LogP contribution in [0.25, 0.3) is 0 Å². The van der Waals surface area contributed by atoms with Gasteiger partial charge in [0.25, 0.3) is 10.0 Å². The van der Waals surface area contributed by atoms with Gasteiger partial charge in [-0.15, -0.1) is 0 Å². The van der Waals surface area contributed by atoms with Crippen molar-refractivity contribution in [1.29, 1.82) is 0 Å². The van der Waals surface area contributed by atoms with Gasteiger partial charge in [0.15, 0.2) is 0 Å². The van der Waals surface area contributed by atoms with E-state index in [1.165, 1.54) is 19.1 Å². The molecule has 0 unspecified atom stereocenters. The van der Waals surface area contributed by atoms with Crippen molar-refractivity contribution >= 4 is 49.2 Å². The van der Waals surface area contributed by atoms with Crippen molar-refractivity contribution in [2.75, 3.05) is 16.2 Å². The second-order valence-corrected chi connectivity index (χ2v) is 9.27. The first-order valence-corrected chi connectivity index (χ1v) is 11.3. The summed E-state index contributed by atoms with van der Waals surface area (Å²) in [5.74, 6) is -0.671. The summed E-state index contributed by atoms with van der Waals surface area (Å²) >= 11 is 3.34. The van der Waals surface area contributed by atoms with Crippen LogP contribution in [0.4, 0.5) is 11.4 Å². The number of carbonyl (C=O) groups excluding carboxylic acids is 2. The first-order valence-electron chi connectivity index (χ1n) is 9.06. The summed E-state index contributed by atoms with van der Waals surface area (Å²) in [6.07, 6.45) is 0.656. The molecule has 0 aliphatic carbocycles. The van der Waals surface area contributed by atoms with E-state index >= 15 is 0 Å². The molecule has 0 spiro atoms. The number of carbonyl (C=O) groups is 2. The maximum absolute atomic E-state index is 13.0. The number of nitrogens with one attached hydrogen (secondary N) is 1. The number of ether oxygens (including phenoxy) is 1. The number of halogens is 1. The lowest BCUT2D eigenvalue weighted by atomic mass is 10.1. The van der Waals surface area contributed by atoms with Gasteiger partial charge in [-0.05, 0) is 72.1 Å². The normalized spacial score (nSPS) is 15.7. The molecule has 0 aromatic heterocycles. The number of hydrogen-bond donors (Lipinski definition) is 1. The van der Waals surface area contributed by atoms with Crippen LogP contribution in [0.1, 0.15) is 36.7 Å². The summed E-state index contributed by atoms with van der Waals surface area (Å²) in [5.41, 5.74) is 1.98. The van der Waals surface area contributed by atoms with Crippen molar-refractivity contribution in [2.24, 2.45) is 0 Å². The summed E-state index contributed by atoms with van der Waals surface area (Å²) in [6, 6.07) is 9.28. The first-order chi connectivity index (χ1) is 13.6. The van der Waals surface area contributed by atoms with Gasteiger partial charge in [-0.2, -0.15) is 0 Å². The summed E-state index contributed by atoms with van der Waals surface area (Å²) < 4.78 is 33.9. The molecule has 1 heterocycles. The average molecular weight is 481 g/mol. The molecule has 1 amide bonds. The van der Waals surface area contributed by atoms with Gasteiger partial charge in [0.2, 0.25) is 5.91 Å². The molecule has 0 fully saturated rings. The Morgan fingerprint density at radius 1 is 1.28 bits per heavy atom. The van der Waals surface area contributed by atoms with E-state index < -0.39 is 16.0 Å². The van der Waals surface area contributed by atoms with E-state index in [-0.39, 0.29) is 34.7 Å². The van der Waals surface area contributed by atoms with Crippen LogP contribution in [0.5, 0.6) is 0 Å². The Labute approximate surface area is 178 Å². The molecule has 1 aliphatic rings. The highest BCUT2D eigenvalue weighted by atomic mass is 79.9. The quantitative estimate of drug-likeness (QED) is 0.658. The third-order valence-electron chi connectivity index (χ3n) is 4.60. The number of esters is 1. The lowest BCUT2D eigenvalue weighted by Gasteiger charge is -2.21. The lowest BCUT2D eigenvalue weighted by Crippen LogP contribution is -2.33. The Morgan fingerprint density at radius 2 is 2.00 bits per heavy atom. The van der Waals surface area contributed by atoms with Gasteiger partial charge >= 0.3 is 5.97 Å². The number of sulfonamides is 1. The monoisotopic (exact) mass is 480 g/mol. The molecule has 7 nitrogen and oxygen atoms in total. The Balaban J connectivity index is 1.96. The van der Waals surface area contributed by atoms with Crippen molar-refractivity contribution in [3.05, 3.63) is 52.0 Å². The van der Waals surface area contributed by atoms with Crippen LogP contribution < -0.4 is 9.62 Å². The first kappa shape index (κ1) is 21.3. The molecule has 0 radical (unpaired) electrons. The number of hydrogen-bond acceptors (Lipinski definition) is 5. The lowest BCUT2D eigenvalue weighted by molar-refractivity contribution is -0.116. The van der Waals surface area contributed by atoms with Crippen LogP contribution in [0, 0.1) is 0 Å². The van der Waals surface area contributed by atoms with Crippen LogP contribution in [0.15, 0.2) is 45.8 Å². The highest BCUT2D eigenvalue weighted by Gasteiger charge is 2.32. The second kappa shape index (κ2) is 8.16. The predicted octanol–water partition coefficient (Wildman–Crippen LogP) is 3.72. The number of anilines is 2. The Bertz CT molecular complexity index is 1080. The van der Waals surface area contributed by atoms with E-state index in [2.05, 4.69) is 20.7 Å². The molecule has 0 saturated heterocycles. The van der Waals surface area contributed by atoms with Crippen LogP contribution in [-0.4, -0.2) is 32.9 Å². The zero-order valence-electron chi connectivity index (χ0n) is 16.2. The number of rotatable bonds is 5. The van der Waals surface area contributed by atoms with Crippen LogP contribution >= 0.6 is 15.9 Å². The fourth-order valence-corrected chi connectivity index (χ4v) is 5.60. The van der Waals surface area contributed by atoms with E-state index in [9.17, 15) is 18.0 Å². The maximum Gasteiger partial charge on any atom is 0.338 e. The third kappa shape index (κ3) is 4.30. The second-order valence-electron chi connectivity index (χ2n) is 6.76. The average Bonchev–Trinajstić information content (AvgIpc) is 2.95.